The fraction of sp³-hybridized carbons (Fsp3) is 0.250. The SMILES string of the molecule is Cc1[c]sc(N)n1. The zero-order chi connectivity index (χ0) is 5.28. The van der Waals surface area contributed by atoms with E-state index in [1.54, 1.807) is 0 Å². The number of nitrogens with two attached hydrogens (primary N) is 1. The zero-order valence-corrected chi connectivity index (χ0v) is 4.75. The number of thiazole rings is 1. The molecule has 0 aliphatic heterocycles. The average Bonchev–Trinajstić information content (AvgIpc) is 1.87. The van der Waals surface area contributed by atoms with Gasteiger partial charge in [0.15, 0.2) is 5.13 Å². The van der Waals surface area contributed by atoms with Crippen LogP contribution in [0.25, 0.3) is 0 Å². The molecule has 0 fully saturated rings. The van der Waals surface area contributed by atoms with Crippen LogP contribution in [0.3, 0.4) is 0 Å². The van der Waals surface area contributed by atoms with Crippen LogP contribution < -0.4 is 5.73 Å². The molecule has 0 unspecified atom stereocenters. The van der Waals surface area contributed by atoms with Gasteiger partial charge in [0.25, 0.3) is 0 Å². The van der Waals surface area contributed by atoms with E-state index >= 15 is 0 Å². The van der Waals surface area contributed by atoms with Crippen LogP contribution in [-0.4, -0.2) is 4.98 Å². The first kappa shape index (κ1) is 4.59. The number of rotatable bonds is 0. The van der Waals surface area contributed by atoms with E-state index in [1.165, 1.54) is 11.3 Å². The maximum atomic E-state index is 5.25. The maximum Gasteiger partial charge on any atom is 0.180 e. The van der Waals surface area contributed by atoms with Crippen molar-refractivity contribution in [2.45, 2.75) is 6.92 Å². The predicted octanol–water partition coefficient (Wildman–Crippen LogP) is 0.834. The quantitative estimate of drug-likeness (QED) is 0.541. The van der Waals surface area contributed by atoms with Crippen LogP contribution in [0, 0.1) is 12.3 Å². The van der Waals surface area contributed by atoms with Gasteiger partial charge < -0.3 is 5.73 Å². The van der Waals surface area contributed by atoms with E-state index in [1.807, 2.05) is 6.92 Å². The Hall–Kier alpha value is -0.570. The van der Waals surface area contributed by atoms with Gasteiger partial charge in [-0.25, -0.2) is 4.98 Å². The molecule has 2 N–H and O–H groups in total. The summed E-state index contributed by atoms with van der Waals surface area (Å²) < 4.78 is 0. The van der Waals surface area contributed by atoms with Gasteiger partial charge in [-0.15, -0.1) is 0 Å². The van der Waals surface area contributed by atoms with Crippen LogP contribution in [-0.2, 0) is 0 Å². The summed E-state index contributed by atoms with van der Waals surface area (Å²) in [6.45, 7) is 1.87. The number of hydrogen-bond donors (Lipinski definition) is 1. The van der Waals surface area contributed by atoms with Gasteiger partial charge in [-0.1, -0.05) is 11.3 Å². The van der Waals surface area contributed by atoms with Crippen LogP contribution in [0.1, 0.15) is 5.69 Å². The molecule has 0 spiro atoms. The number of aryl methyl sites for hydroxylation is 1. The van der Waals surface area contributed by atoms with Gasteiger partial charge in [-0.3, -0.25) is 0 Å². The van der Waals surface area contributed by atoms with Crippen LogP contribution in [0.5, 0.6) is 0 Å². The second-order valence-electron chi connectivity index (χ2n) is 1.24. The molecular weight excluding hydrogens is 108 g/mol. The van der Waals surface area contributed by atoms with Crippen LogP contribution in [0.15, 0.2) is 0 Å². The monoisotopic (exact) mass is 113 g/mol. The fourth-order valence-corrected chi connectivity index (χ4v) is 0.818. The van der Waals surface area contributed by atoms with Gasteiger partial charge in [0.05, 0.1) is 11.1 Å². The van der Waals surface area contributed by atoms with E-state index in [0.717, 1.165) is 5.69 Å². The van der Waals surface area contributed by atoms with E-state index in [0.29, 0.717) is 5.13 Å². The third-order valence-corrected chi connectivity index (χ3v) is 1.28. The molecular formula is C4H5N2S. The first-order valence-corrected chi connectivity index (χ1v) is 2.71. The van der Waals surface area contributed by atoms with Crippen LogP contribution in [0.4, 0.5) is 5.13 Å². The summed E-state index contributed by atoms with van der Waals surface area (Å²) in [7, 11) is 0. The Bertz CT molecular complexity index is 142. The normalized spacial score (nSPS) is 9.29. The second-order valence-corrected chi connectivity index (χ2v) is 2.07. The Morgan fingerprint density at radius 3 is 2.71 bits per heavy atom. The molecule has 1 rings (SSSR count). The van der Waals surface area contributed by atoms with Crippen molar-refractivity contribution in [2.24, 2.45) is 0 Å². The number of nitrogens with zero attached hydrogens (tertiary/aromatic N) is 1. The van der Waals surface area contributed by atoms with E-state index < -0.39 is 0 Å². The summed E-state index contributed by atoms with van der Waals surface area (Å²) in [6.07, 6.45) is 0. The zero-order valence-electron chi connectivity index (χ0n) is 3.93. The molecule has 0 aliphatic rings. The van der Waals surface area contributed by atoms with Gasteiger partial charge >= 0.3 is 0 Å². The summed E-state index contributed by atoms with van der Waals surface area (Å²) >= 11 is 1.35. The smallest absolute Gasteiger partial charge is 0.180 e. The molecule has 37 valence electrons. The Labute approximate surface area is 46.0 Å². The van der Waals surface area contributed by atoms with Crippen molar-refractivity contribution in [1.29, 1.82) is 0 Å². The van der Waals surface area contributed by atoms with Gasteiger partial charge in [-0.05, 0) is 6.92 Å². The lowest BCUT2D eigenvalue weighted by atomic mass is 10.6. The number of nitrogen functional groups attached to an aromatic ring is 1. The Morgan fingerprint density at radius 1 is 1.86 bits per heavy atom. The molecule has 1 aromatic rings. The molecule has 0 bridgehead atoms. The highest BCUT2D eigenvalue weighted by Gasteiger charge is 1.87. The minimum atomic E-state index is 0.595. The highest BCUT2D eigenvalue weighted by molar-refractivity contribution is 7.13. The van der Waals surface area contributed by atoms with Crippen molar-refractivity contribution in [1.82, 2.24) is 4.98 Å². The number of hydrogen-bond acceptors (Lipinski definition) is 3. The fourth-order valence-electron chi connectivity index (χ4n) is 0.337. The molecule has 0 amide bonds. The lowest BCUT2D eigenvalue weighted by molar-refractivity contribution is 1.27. The predicted molar refractivity (Wildman–Crippen MR) is 30.1 cm³/mol. The summed E-state index contributed by atoms with van der Waals surface area (Å²) in [6, 6.07) is 0. The third-order valence-electron chi connectivity index (χ3n) is 0.581. The summed E-state index contributed by atoms with van der Waals surface area (Å²) in [5.41, 5.74) is 6.13. The van der Waals surface area contributed by atoms with E-state index in [4.69, 9.17) is 5.73 Å². The van der Waals surface area contributed by atoms with Crippen molar-refractivity contribution < 1.29 is 0 Å². The average molecular weight is 113 g/mol. The third kappa shape index (κ3) is 0.899. The van der Waals surface area contributed by atoms with E-state index in [2.05, 4.69) is 10.4 Å². The number of aromatic nitrogens is 1. The van der Waals surface area contributed by atoms with Gasteiger partial charge in [0.1, 0.15) is 0 Å². The van der Waals surface area contributed by atoms with Gasteiger partial charge in [0.2, 0.25) is 0 Å². The standard InChI is InChI=1S/C4H5N2S/c1-3-2-7-4(5)6-3/h1H3,(H2,5,6). The van der Waals surface area contributed by atoms with Crippen molar-refractivity contribution in [3.05, 3.63) is 11.1 Å². The molecule has 1 aromatic heterocycles. The topological polar surface area (TPSA) is 38.9 Å². The minimum absolute atomic E-state index is 0.595. The largest absolute Gasteiger partial charge is 0.375 e. The Balaban J connectivity index is 3.04. The molecule has 0 saturated carbocycles. The molecule has 3 heteroatoms. The van der Waals surface area contributed by atoms with E-state index in [-0.39, 0.29) is 0 Å². The first-order valence-electron chi connectivity index (χ1n) is 1.89. The van der Waals surface area contributed by atoms with Crippen molar-refractivity contribution >= 4 is 16.5 Å². The summed E-state index contributed by atoms with van der Waals surface area (Å²) in [5, 5.41) is 3.47. The van der Waals surface area contributed by atoms with Crippen molar-refractivity contribution in [3.63, 3.8) is 0 Å². The van der Waals surface area contributed by atoms with Gasteiger partial charge in [-0.2, -0.15) is 0 Å². The van der Waals surface area contributed by atoms with Gasteiger partial charge in [0, 0.05) is 0 Å². The summed E-state index contributed by atoms with van der Waals surface area (Å²) in [5.74, 6) is 0. The molecule has 7 heavy (non-hydrogen) atoms. The highest BCUT2D eigenvalue weighted by Crippen LogP contribution is 2.07. The Morgan fingerprint density at radius 2 is 2.57 bits per heavy atom. The van der Waals surface area contributed by atoms with Crippen LogP contribution in [0.2, 0.25) is 0 Å². The molecule has 0 aliphatic carbocycles. The second kappa shape index (κ2) is 1.50. The highest BCUT2D eigenvalue weighted by atomic mass is 32.1. The molecule has 2 nitrogen and oxygen atoms in total. The lowest BCUT2D eigenvalue weighted by Crippen LogP contribution is -1.80. The molecule has 1 heterocycles. The van der Waals surface area contributed by atoms with Crippen LogP contribution >= 0.6 is 11.3 Å². The van der Waals surface area contributed by atoms with Crippen molar-refractivity contribution in [2.75, 3.05) is 5.73 Å². The molecule has 1 radical (unpaired) electrons. The summed E-state index contributed by atoms with van der Waals surface area (Å²) in [4.78, 5) is 3.85. The number of anilines is 1. The van der Waals surface area contributed by atoms with Crippen molar-refractivity contribution in [3.8, 4) is 0 Å². The van der Waals surface area contributed by atoms with E-state index in [9.17, 15) is 0 Å². The Kier molecular flexibility index (Phi) is 0.982. The first-order chi connectivity index (χ1) is 3.29. The maximum absolute atomic E-state index is 5.25. The minimum Gasteiger partial charge on any atom is -0.375 e. The lowest BCUT2D eigenvalue weighted by Gasteiger charge is -1.71. The molecule has 0 aromatic carbocycles. The molecule has 0 atom stereocenters. The molecule has 0 saturated heterocycles.